The van der Waals surface area contributed by atoms with Crippen molar-refractivity contribution in [2.75, 3.05) is 17.2 Å². The fourth-order valence-corrected chi connectivity index (χ4v) is 2.95. The number of carbonyl (C=O) groups is 2. The van der Waals surface area contributed by atoms with E-state index in [0.29, 0.717) is 33.4 Å². The van der Waals surface area contributed by atoms with Crippen LogP contribution >= 0.6 is 23.2 Å². The maximum atomic E-state index is 12.6. The minimum Gasteiger partial charge on any atom is -0.349 e. The van der Waals surface area contributed by atoms with E-state index in [2.05, 4.69) is 20.9 Å². The highest BCUT2D eigenvalue weighted by Gasteiger charge is 2.17. The zero-order valence-corrected chi connectivity index (χ0v) is 15.3. The highest BCUT2D eigenvalue weighted by Crippen LogP contribution is 2.30. The molecule has 0 aliphatic heterocycles. The largest absolute Gasteiger partial charge is 0.349 e. The molecule has 8 heteroatoms. The Labute approximate surface area is 159 Å². The number of anilines is 2. The van der Waals surface area contributed by atoms with Gasteiger partial charge in [-0.05, 0) is 43.3 Å². The molecule has 0 aliphatic rings. The van der Waals surface area contributed by atoms with Crippen molar-refractivity contribution in [2.45, 2.75) is 6.92 Å². The average Bonchev–Trinajstić information content (AvgIpc) is 2.92. The Morgan fingerprint density at radius 3 is 2.50 bits per heavy atom. The lowest BCUT2D eigenvalue weighted by atomic mass is 10.2. The van der Waals surface area contributed by atoms with E-state index >= 15 is 0 Å². The third kappa shape index (κ3) is 3.92. The van der Waals surface area contributed by atoms with Gasteiger partial charge in [0.15, 0.2) is 0 Å². The third-order valence-electron chi connectivity index (χ3n) is 3.64. The van der Waals surface area contributed by atoms with Gasteiger partial charge in [-0.25, -0.2) is 4.79 Å². The maximum absolute atomic E-state index is 12.6. The van der Waals surface area contributed by atoms with Gasteiger partial charge in [0.2, 0.25) is 0 Å². The highest BCUT2D eigenvalue weighted by atomic mass is 35.5. The number of aromatic amines is 1. The lowest BCUT2D eigenvalue weighted by molar-refractivity contribution is 0.102. The summed E-state index contributed by atoms with van der Waals surface area (Å²) in [5.74, 6) is -0.391. The van der Waals surface area contributed by atoms with Crippen LogP contribution in [0, 0.1) is 0 Å². The molecule has 0 atom stereocenters. The molecule has 3 amide bonds. The van der Waals surface area contributed by atoms with Gasteiger partial charge in [-0.1, -0.05) is 29.3 Å². The molecule has 6 nitrogen and oxygen atoms in total. The van der Waals surface area contributed by atoms with Gasteiger partial charge < -0.3 is 20.9 Å². The first-order valence-corrected chi connectivity index (χ1v) is 8.66. The number of hydrogen-bond donors (Lipinski definition) is 4. The van der Waals surface area contributed by atoms with Gasteiger partial charge in [-0.3, -0.25) is 4.79 Å². The minimum absolute atomic E-state index is 0.242. The van der Waals surface area contributed by atoms with E-state index < -0.39 is 5.91 Å². The lowest BCUT2D eigenvalue weighted by Crippen LogP contribution is -2.28. The van der Waals surface area contributed by atoms with Gasteiger partial charge in [-0.2, -0.15) is 0 Å². The second-order valence-corrected chi connectivity index (χ2v) is 6.34. The average molecular weight is 391 g/mol. The van der Waals surface area contributed by atoms with Crippen molar-refractivity contribution in [3.05, 3.63) is 58.2 Å². The number of aromatic nitrogens is 1. The van der Waals surface area contributed by atoms with Crippen LogP contribution in [0.5, 0.6) is 0 Å². The van der Waals surface area contributed by atoms with Crippen molar-refractivity contribution in [2.24, 2.45) is 0 Å². The van der Waals surface area contributed by atoms with Crippen LogP contribution in [0.3, 0.4) is 0 Å². The molecular weight excluding hydrogens is 375 g/mol. The van der Waals surface area contributed by atoms with Gasteiger partial charge in [-0.15, -0.1) is 0 Å². The van der Waals surface area contributed by atoms with E-state index in [9.17, 15) is 9.59 Å². The molecule has 3 rings (SSSR count). The van der Waals surface area contributed by atoms with Crippen molar-refractivity contribution < 1.29 is 9.59 Å². The molecule has 26 heavy (non-hydrogen) atoms. The Hall–Kier alpha value is -2.70. The van der Waals surface area contributed by atoms with Crippen molar-refractivity contribution in [3.63, 3.8) is 0 Å². The second-order valence-electron chi connectivity index (χ2n) is 5.52. The van der Waals surface area contributed by atoms with Crippen LogP contribution in [-0.4, -0.2) is 23.5 Å². The molecule has 0 fully saturated rings. The number of amides is 3. The Morgan fingerprint density at radius 1 is 1.04 bits per heavy atom. The van der Waals surface area contributed by atoms with E-state index in [1.807, 2.05) is 6.92 Å². The molecule has 0 spiro atoms. The van der Waals surface area contributed by atoms with E-state index in [1.165, 1.54) is 0 Å². The van der Waals surface area contributed by atoms with Gasteiger partial charge in [0.1, 0.15) is 5.69 Å². The lowest BCUT2D eigenvalue weighted by Gasteiger charge is -2.09. The van der Waals surface area contributed by atoms with Crippen LogP contribution in [0.15, 0.2) is 42.5 Å². The first-order chi connectivity index (χ1) is 12.5. The summed E-state index contributed by atoms with van der Waals surface area (Å²) in [5.41, 5.74) is 2.04. The first kappa shape index (κ1) is 18.1. The smallest absolute Gasteiger partial charge is 0.319 e. The van der Waals surface area contributed by atoms with E-state index in [1.54, 1.807) is 42.5 Å². The molecule has 1 heterocycles. The minimum atomic E-state index is -0.391. The molecule has 1 aromatic heterocycles. The van der Waals surface area contributed by atoms with Crippen LogP contribution < -0.4 is 16.0 Å². The molecule has 3 aromatic rings. The number of carbonyl (C=O) groups excluding carboxylic acids is 2. The number of halogens is 2. The Bertz CT molecular complexity index is 984. The van der Waals surface area contributed by atoms with Crippen LogP contribution in [-0.2, 0) is 0 Å². The van der Waals surface area contributed by atoms with Crippen LogP contribution in [0.2, 0.25) is 10.0 Å². The van der Waals surface area contributed by atoms with Crippen molar-refractivity contribution in [1.82, 2.24) is 10.3 Å². The second kappa shape index (κ2) is 7.68. The molecule has 0 bridgehead atoms. The molecule has 0 unspecified atom stereocenters. The number of fused-ring (bicyclic) bond motifs is 1. The topological polar surface area (TPSA) is 86.0 Å². The normalized spacial score (nSPS) is 10.6. The zero-order valence-electron chi connectivity index (χ0n) is 13.8. The van der Waals surface area contributed by atoms with Crippen LogP contribution in [0.4, 0.5) is 16.2 Å². The Balaban J connectivity index is 1.80. The fourth-order valence-electron chi connectivity index (χ4n) is 2.49. The number of nitrogens with one attached hydrogen (secondary N) is 4. The number of rotatable bonds is 4. The summed E-state index contributed by atoms with van der Waals surface area (Å²) in [6.07, 6.45) is 0. The Morgan fingerprint density at radius 2 is 1.77 bits per heavy atom. The van der Waals surface area contributed by atoms with Gasteiger partial charge in [0, 0.05) is 33.8 Å². The molecule has 0 aliphatic carbocycles. The number of benzene rings is 2. The van der Waals surface area contributed by atoms with Gasteiger partial charge >= 0.3 is 6.03 Å². The predicted molar refractivity (Wildman–Crippen MR) is 105 cm³/mol. The number of H-pyrrole nitrogens is 1. The summed E-state index contributed by atoms with van der Waals surface area (Å²) >= 11 is 12.3. The predicted octanol–water partition coefficient (Wildman–Crippen LogP) is 4.87. The standard InChI is InChI=1S/C18H16Cl2N4O2/c1-2-21-18(26)23-12-5-3-4-11(9-12)22-17(25)16-15(20)13-8-10(19)6-7-14(13)24-16/h3-9,24H,2H2,1H3,(H,22,25)(H2,21,23,26). The zero-order chi connectivity index (χ0) is 18.7. The summed E-state index contributed by atoms with van der Waals surface area (Å²) in [6.45, 7) is 2.35. The summed E-state index contributed by atoms with van der Waals surface area (Å²) in [7, 11) is 0. The molecule has 0 saturated heterocycles. The number of urea groups is 1. The van der Waals surface area contributed by atoms with Crippen molar-refractivity contribution >= 4 is 57.4 Å². The highest BCUT2D eigenvalue weighted by molar-refractivity contribution is 6.40. The van der Waals surface area contributed by atoms with E-state index in [-0.39, 0.29) is 11.7 Å². The summed E-state index contributed by atoms with van der Waals surface area (Å²) in [6, 6.07) is 11.7. The molecule has 2 aromatic carbocycles. The first-order valence-electron chi connectivity index (χ1n) is 7.91. The van der Waals surface area contributed by atoms with Crippen molar-refractivity contribution in [3.8, 4) is 0 Å². The SMILES string of the molecule is CCNC(=O)Nc1cccc(NC(=O)c2[nH]c3ccc(Cl)cc3c2Cl)c1. The summed E-state index contributed by atoms with van der Waals surface area (Å²) < 4.78 is 0. The molecular formula is C18H16Cl2N4O2. The van der Waals surface area contributed by atoms with Crippen LogP contribution in [0.1, 0.15) is 17.4 Å². The monoisotopic (exact) mass is 390 g/mol. The fraction of sp³-hybridized carbons (Fsp3) is 0.111. The van der Waals surface area contributed by atoms with Crippen LogP contribution in [0.25, 0.3) is 10.9 Å². The quantitative estimate of drug-likeness (QED) is 0.512. The maximum Gasteiger partial charge on any atom is 0.319 e. The Kier molecular flexibility index (Phi) is 5.35. The molecule has 134 valence electrons. The van der Waals surface area contributed by atoms with E-state index in [4.69, 9.17) is 23.2 Å². The van der Waals surface area contributed by atoms with Crippen molar-refractivity contribution in [1.29, 1.82) is 0 Å². The van der Waals surface area contributed by atoms with Gasteiger partial charge in [0.05, 0.1) is 5.02 Å². The molecule has 0 radical (unpaired) electrons. The summed E-state index contributed by atoms with van der Waals surface area (Å²) in [4.78, 5) is 27.2. The number of hydrogen-bond acceptors (Lipinski definition) is 2. The summed E-state index contributed by atoms with van der Waals surface area (Å²) in [5, 5.41) is 9.60. The molecule has 0 saturated carbocycles. The van der Waals surface area contributed by atoms with E-state index in [0.717, 1.165) is 5.52 Å². The van der Waals surface area contributed by atoms with Gasteiger partial charge in [0.25, 0.3) is 5.91 Å². The third-order valence-corrected chi connectivity index (χ3v) is 4.27. The molecule has 4 N–H and O–H groups in total.